The molecule has 3 heteroatoms. The number of ether oxygens (including phenoxy) is 1. The first kappa shape index (κ1) is 17.2. The van der Waals surface area contributed by atoms with E-state index in [1.807, 2.05) is 7.11 Å². The molecule has 0 radical (unpaired) electrons. The summed E-state index contributed by atoms with van der Waals surface area (Å²) in [5.74, 6) is 0. The van der Waals surface area contributed by atoms with Crippen LogP contribution in [-0.2, 0) is 28.1 Å². The third-order valence-electron chi connectivity index (χ3n) is 3.14. The summed E-state index contributed by atoms with van der Waals surface area (Å²) >= 11 is -0.992. The molecule has 94 valence electrons. The van der Waals surface area contributed by atoms with Gasteiger partial charge in [0.15, 0.2) is 0 Å². The standard InChI is InChI=1S/C13H27O.ClH.Hg/c1-4-5-6-7-8-9-10-11-12-13(2)14-3;;/h13H,2,4-12H2,1,3H3;1H;/q;;+1/p-1. The van der Waals surface area contributed by atoms with Crippen molar-refractivity contribution in [2.75, 3.05) is 7.11 Å². The molecule has 0 N–H and O–H groups in total. The van der Waals surface area contributed by atoms with Crippen LogP contribution in [0.5, 0.6) is 0 Å². The molecule has 0 saturated carbocycles. The molecule has 0 aromatic heterocycles. The van der Waals surface area contributed by atoms with Crippen molar-refractivity contribution in [3.05, 3.63) is 0 Å². The molecule has 0 bridgehead atoms. The van der Waals surface area contributed by atoms with Gasteiger partial charge in [-0.1, -0.05) is 0 Å². The van der Waals surface area contributed by atoms with Gasteiger partial charge in [0.25, 0.3) is 0 Å². The Balaban J connectivity index is 3.12. The van der Waals surface area contributed by atoms with Gasteiger partial charge in [-0.3, -0.25) is 0 Å². The van der Waals surface area contributed by atoms with E-state index in [0.717, 1.165) is 0 Å². The predicted molar refractivity (Wildman–Crippen MR) is 68.7 cm³/mol. The van der Waals surface area contributed by atoms with E-state index >= 15 is 0 Å². The van der Waals surface area contributed by atoms with E-state index in [0.29, 0.717) is 6.10 Å². The molecule has 1 nitrogen and oxygen atoms in total. The molecular weight excluding hydrogens is 408 g/mol. The van der Waals surface area contributed by atoms with Gasteiger partial charge in [-0.2, -0.15) is 0 Å². The molecule has 0 aromatic rings. The maximum atomic E-state index is 5.93. The molecule has 0 saturated heterocycles. The Kier molecular flexibility index (Phi) is 15.3. The first-order chi connectivity index (χ1) is 7.85. The van der Waals surface area contributed by atoms with E-state index in [9.17, 15) is 0 Å². The van der Waals surface area contributed by atoms with Crippen LogP contribution >= 0.6 is 8.25 Å². The first-order valence-electron chi connectivity index (χ1n) is 6.93. The second kappa shape index (κ2) is 14.2. The fraction of sp³-hybridized carbons (Fsp3) is 1.00. The number of rotatable bonds is 12. The van der Waals surface area contributed by atoms with Gasteiger partial charge < -0.3 is 0 Å². The summed E-state index contributed by atoms with van der Waals surface area (Å²) in [4.78, 5) is 0. The van der Waals surface area contributed by atoms with E-state index in [2.05, 4.69) is 6.92 Å². The summed E-state index contributed by atoms with van der Waals surface area (Å²) in [5, 5.41) is 0. The van der Waals surface area contributed by atoms with E-state index in [4.69, 9.17) is 13.0 Å². The second-order valence-electron chi connectivity index (χ2n) is 4.60. The molecule has 0 fully saturated rings. The van der Waals surface area contributed by atoms with Gasteiger partial charge in [0.2, 0.25) is 0 Å². The van der Waals surface area contributed by atoms with E-state index < -0.39 is 23.3 Å². The van der Waals surface area contributed by atoms with Crippen LogP contribution in [0.2, 0.25) is 3.93 Å². The summed E-state index contributed by atoms with van der Waals surface area (Å²) in [6, 6.07) is 0. The van der Waals surface area contributed by atoms with Crippen LogP contribution in [0, 0.1) is 0 Å². The summed E-state index contributed by atoms with van der Waals surface area (Å²) < 4.78 is 6.64. The van der Waals surface area contributed by atoms with Gasteiger partial charge in [0.1, 0.15) is 0 Å². The molecule has 1 unspecified atom stereocenters. The van der Waals surface area contributed by atoms with Crippen molar-refractivity contribution in [1.29, 1.82) is 0 Å². The summed E-state index contributed by atoms with van der Waals surface area (Å²) in [7, 11) is 7.76. The molecule has 1 atom stereocenters. The summed E-state index contributed by atoms with van der Waals surface area (Å²) in [6.07, 6.45) is 12.9. The second-order valence-corrected chi connectivity index (χ2v) is 11.6. The zero-order chi connectivity index (χ0) is 12.1. The van der Waals surface area contributed by atoms with Crippen molar-refractivity contribution in [3.63, 3.8) is 0 Å². The third kappa shape index (κ3) is 11.7. The zero-order valence-electron chi connectivity index (χ0n) is 11.1. The van der Waals surface area contributed by atoms with Crippen LogP contribution in [0.1, 0.15) is 64.7 Å². The van der Waals surface area contributed by atoms with Crippen LogP contribution in [0.4, 0.5) is 0 Å². The van der Waals surface area contributed by atoms with Gasteiger partial charge in [0.05, 0.1) is 0 Å². The van der Waals surface area contributed by atoms with Crippen LogP contribution in [0.25, 0.3) is 0 Å². The van der Waals surface area contributed by atoms with E-state index in [1.54, 1.807) is 0 Å². The van der Waals surface area contributed by atoms with Crippen LogP contribution < -0.4 is 0 Å². The summed E-state index contributed by atoms with van der Waals surface area (Å²) in [5.41, 5.74) is 0. The van der Waals surface area contributed by atoms with Gasteiger partial charge in [-0.15, -0.1) is 0 Å². The number of hydrogen-bond donors (Lipinski definition) is 0. The Morgan fingerprint density at radius 2 is 1.56 bits per heavy atom. The Labute approximate surface area is 118 Å². The fourth-order valence-electron chi connectivity index (χ4n) is 2.01. The van der Waals surface area contributed by atoms with Gasteiger partial charge in [0, 0.05) is 0 Å². The van der Waals surface area contributed by atoms with Crippen molar-refractivity contribution < 1.29 is 28.1 Å². The third-order valence-corrected chi connectivity index (χ3v) is 8.41. The maximum absolute atomic E-state index is 5.93. The minimum absolute atomic E-state index is 0.485. The Bertz CT molecular complexity index is 133. The van der Waals surface area contributed by atoms with Crippen LogP contribution in [0.15, 0.2) is 0 Å². The van der Waals surface area contributed by atoms with Crippen molar-refractivity contribution in [2.45, 2.75) is 74.7 Å². The Morgan fingerprint density at radius 3 is 2.06 bits per heavy atom. The van der Waals surface area contributed by atoms with Gasteiger partial charge in [-0.25, -0.2) is 0 Å². The normalized spacial score (nSPS) is 12.4. The molecule has 0 aliphatic rings. The molecule has 0 spiro atoms. The van der Waals surface area contributed by atoms with Gasteiger partial charge in [-0.05, 0) is 0 Å². The van der Waals surface area contributed by atoms with Crippen molar-refractivity contribution in [3.8, 4) is 0 Å². The molecule has 0 rings (SSSR count). The SMILES string of the molecule is CCCCCCCCCCC([CH2][Hg][Cl])OC. The minimum atomic E-state index is -0.992. The topological polar surface area (TPSA) is 9.23 Å². The number of halogens is 1. The number of hydrogen-bond acceptors (Lipinski definition) is 1. The average molecular weight is 435 g/mol. The molecular formula is C13H27ClHgO. The molecule has 0 amide bonds. The van der Waals surface area contributed by atoms with Crippen molar-refractivity contribution in [2.24, 2.45) is 0 Å². The average Bonchev–Trinajstić information content (AvgIpc) is 2.31. The molecule has 0 aromatic carbocycles. The van der Waals surface area contributed by atoms with Crippen molar-refractivity contribution in [1.82, 2.24) is 0 Å². The Hall–Kier alpha value is 1.19. The number of methoxy groups -OCH3 is 1. The molecule has 0 heterocycles. The van der Waals surface area contributed by atoms with Crippen LogP contribution in [0.3, 0.4) is 0 Å². The molecule has 16 heavy (non-hydrogen) atoms. The number of unbranched alkanes of at least 4 members (excludes halogenated alkanes) is 7. The Morgan fingerprint density at radius 1 is 1.00 bits per heavy atom. The van der Waals surface area contributed by atoms with E-state index in [1.165, 1.54) is 61.7 Å². The van der Waals surface area contributed by atoms with Crippen LogP contribution in [-0.4, -0.2) is 13.2 Å². The van der Waals surface area contributed by atoms with Crippen molar-refractivity contribution >= 4 is 8.25 Å². The molecule has 0 aliphatic carbocycles. The molecule has 0 aliphatic heterocycles. The fourth-order valence-corrected chi connectivity index (χ4v) is 7.13. The van der Waals surface area contributed by atoms with Gasteiger partial charge >= 0.3 is 118 Å². The zero-order valence-corrected chi connectivity index (χ0v) is 17.4. The predicted octanol–water partition coefficient (Wildman–Crippen LogP) is 5.19. The quantitative estimate of drug-likeness (QED) is 0.303. The summed E-state index contributed by atoms with van der Waals surface area (Å²) in [6.45, 7) is 2.27. The first-order valence-corrected chi connectivity index (χ1v) is 17.6. The van der Waals surface area contributed by atoms with E-state index in [-0.39, 0.29) is 0 Å². The monoisotopic (exact) mass is 436 g/mol.